The number of nitrogens with zero attached hydrogens (tertiary/aromatic N) is 1. The summed E-state index contributed by atoms with van der Waals surface area (Å²) in [7, 11) is 0. The molecule has 1 saturated heterocycles. The molecule has 0 radical (unpaired) electrons. The van der Waals surface area contributed by atoms with Crippen LogP contribution in [-0.2, 0) is 4.79 Å². The molecule has 0 bridgehead atoms. The monoisotopic (exact) mass is 273 g/mol. The normalized spacial score (nSPS) is 23.4. The molecule has 5 heteroatoms. The topological polar surface area (TPSA) is 75.4 Å². The average Bonchev–Trinajstić information content (AvgIpc) is 3.12. The molecular formula is C15H19N3O2. The second-order valence-corrected chi connectivity index (χ2v) is 5.70. The van der Waals surface area contributed by atoms with E-state index in [-0.39, 0.29) is 17.9 Å². The molecule has 3 rings (SSSR count). The van der Waals surface area contributed by atoms with Gasteiger partial charge < -0.3 is 16.0 Å². The van der Waals surface area contributed by atoms with Crippen molar-refractivity contribution in [2.24, 2.45) is 5.73 Å². The number of hydrogen-bond donors (Lipinski definition) is 2. The van der Waals surface area contributed by atoms with E-state index >= 15 is 0 Å². The second-order valence-electron chi connectivity index (χ2n) is 5.70. The maximum atomic E-state index is 12.5. The lowest BCUT2D eigenvalue weighted by Crippen LogP contribution is -2.50. The maximum absolute atomic E-state index is 12.5. The highest BCUT2D eigenvalue weighted by Gasteiger charge is 2.53. The quantitative estimate of drug-likeness (QED) is 0.842. The number of carbonyl (C=O) groups is 2. The Morgan fingerprint density at radius 1 is 1.25 bits per heavy atom. The molecule has 20 heavy (non-hydrogen) atoms. The summed E-state index contributed by atoms with van der Waals surface area (Å²) >= 11 is 0. The second kappa shape index (κ2) is 4.90. The fourth-order valence-electron chi connectivity index (χ4n) is 2.67. The highest BCUT2D eigenvalue weighted by molar-refractivity contribution is 6.00. The molecule has 1 atom stereocenters. The van der Waals surface area contributed by atoms with E-state index in [1.54, 1.807) is 17.0 Å². The molecule has 0 spiro atoms. The summed E-state index contributed by atoms with van der Waals surface area (Å²) in [5.74, 6) is -0.158. The van der Waals surface area contributed by atoms with Gasteiger partial charge in [0.1, 0.15) is 5.54 Å². The van der Waals surface area contributed by atoms with Gasteiger partial charge >= 0.3 is 0 Å². The Morgan fingerprint density at radius 2 is 1.95 bits per heavy atom. The van der Waals surface area contributed by atoms with Crippen molar-refractivity contribution < 1.29 is 9.59 Å². The number of carbonyl (C=O) groups excluding carboxylic acids is 2. The van der Waals surface area contributed by atoms with Gasteiger partial charge in [-0.15, -0.1) is 0 Å². The van der Waals surface area contributed by atoms with Crippen LogP contribution in [-0.4, -0.2) is 41.4 Å². The Morgan fingerprint density at radius 3 is 2.50 bits per heavy atom. The summed E-state index contributed by atoms with van der Waals surface area (Å²) in [6.45, 7) is 1.30. The third-order valence-corrected chi connectivity index (χ3v) is 4.06. The molecule has 3 N–H and O–H groups in total. The summed E-state index contributed by atoms with van der Waals surface area (Å²) in [5.41, 5.74) is 5.74. The van der Waals surface area contributed by atoms with Crippen LogP contribution in [0.4, 0.5) is 0 Å². The Bertz CT molecular complexity index is 525. The van der Waals surface area contributed by atoms with Crippen LogP contribution < -0.4 is 11.1 Å². The molecule has 2 amide bonds. The van der Waals surface area contributed by atoms with E-state index in [2.05, 4.69) is 5.32 Å². The van der Waals surface area contributed by atoms with E-state index < -0.39 is 5.54 Å². The predicted octanol–water partition coefficient (Wildman–Crippen LogP) is 0.509. The Labute approximate surface area is 118 Å². The first-order valence-electron chi connectivity index (χ1n) is 7.03. The SMILES string of the molecule is N[C@H]1CCN(C(=O)C2(NC(=O)c3ccccc3)CC2)C1. The minimum atomic E-state index is -0.684. The standard InChI is InChI=1S/C15H19N3O2/c16-12-6-9-18(10-12)14(20)15(7-8-15)17-13(19)11-4-2-1-3-5-11/h1-5,12H,6-10,16H2,(H,17,19)/t12-/m0/s1. The molecule has 2 fully saturated rings. The van der Waals surface area contributed by atoms with E-state index in [1.807, 2.05) is 18.2 Å². The highest BCUT2D eigenvalue weighted by atomic mass is 16.2. The number of nitrogens with one attached hydrogen (secondary N) is 1. The number of hydrogen-bond acceptors (Lipinski definition) is 3. The van der Waals surface area contributed by atoms with Crippen molar-refractivity contribution >= 4 is 11.8 Å². The fraction of sp³-hybridized carbons (Fsp3) is 0.467. The van der Waals surface area contributed by atoms with Crippen molar-refractivity contribution in [3.63, 3.8) is 0 Å². The zero-order chi connectivity index (χ0) is 14.2. The number of nitrogens with two attached hydrogens (primary N) is 1. The van der Waals surface area contributed by atoms with Crippen molar-refractivity contribution in [1.82, 2.24) is 10.2 Å². The smallest absolute Gasteiger partial charge is 0.252 e. The van der Waals surface area contributed by atoms with Gasteiger partial charge in [-0.05, 0) is 31.4 Å². The van der Waals surface area contributed by atoms with Crippen LogP contribution >= 0.6 is 0 Å². The summed E-state index contributed by atoms with van der Waals surface area (Å²) < 4.78 is 0. The molecule has 1 saturated carbocycles. The largest absolute Gasteiger partial charge is 0.339 e. The van der Waals surface area contributed by atoms with Crippen LogP contribution in [0.1, 0.15) is 29.6 Å². The van der Waals surface area contributed by atoms with E-state index in [9.17, 15) is 9.59 Å². The third kappa shape index (κ3) is 2.41. The molecule has 1 aromatic carbocycles. The summed E-state index contributed by atoms with van der Waals surface area (Å²) in [5, 5.41) is 2.90. The summed E-state index contributed by atoms with van der Waals surface area (Å²) in [6.07, 6.45) is 2.28. The number of benzene rings is 1. The minimum Gasteiger partial charge on any atom is -0.339 e. The lowest BCUT2D eigenvalue weighted by Gasteiger charge is -2.24. The van der Waals surface area contributed by atoms with Crippen molar-refractivity contribution in [3.8, 4) is 0 Å². The molecule has 0 aromatic heterocycles. The summed E-state index contributed by atoms with van der Waals surface area (Å²) in [4.78, 5) is 26.5. The van der Waals surface area contributed by atoms with Gasteiger partial charge in [-0.2, -0.15) is 0 Å². The minimum absolute atomic E-state index is 0.0229. The number of amides is 2. The molecule has 1 aromatic rings. The van der Waals surface area contributed by atoms with Crippen molar-refractivity contribution in [3.05, 3.63) is 35.9 Å². The van der Waals surface area contributed by atoms with E-state index in [4.69, 9.17) is 5.73 Å². The zero-order valence-electron chi connectivity index (χ0n) is 11.3. The molecule has 1 aliphatic carbocycles. The van der Waals surface area contributed by atoms with Crippen LogP contribution in [0, 0.1) is 0 Å². The number of likely N-dealkylation sites (tertiary alicyclic amines) is 1. The zero-order valence-corrected chi connectivity index (χ0v) is 11.3. The van der Waals surface area contributed by atoms with Crippen LogP contribution in [0.3, 0.4) is 0 Å². The van der Waals surface area contributed by atoms with E-state index in [0.717, 1.165) is 19.3 Å². The van der Waals surface area contributed by atoms with Gasteiger partial charge in [0.25, 0.3) is 5.91 Å². The molecule has 0 unspecified atom stereocenters. The Hall–Kier alpha value is -1.88. The maximum Gasteiger partial charge on any atom is 0.252 e. The Balaban J connectivity index is 1.67. The molecule has 5 nitrogen and oxygen atoms in total. The molecule has 2 aliphatic rings. The first-order chi connectivity index (χ1) is 9.61. The van der Waals surface area contributed by atoms with Gasteiger partial charge in [-0.3, -0.25) is 9.59 Å². The first kappa shape index (κ1) is 13.1. The van der Waals surface area contributed by atoms with Crippen molar-refractivity contribution in [2.75, 3.05) is 13.1 Å². The average molecular weight is 273 g/mol. The first-order valence-corrected chi connectivity index (χ1v) is 7.03. The molecule has 106 valence electrons. The van der Waals surface area contributed by atoms with Gasteiger partial charge in [0.05, 0.1) is 0 Å². The van der Waals surface area contributed by atoms with Gasteiger partial charge in [-0.25, -0.2) is 0 Å². The Kier molecular flexibility index (Phi) is 3.22. The number of rotatable bonds is 3. The van der Waals surface area contributed by atoms with Gasteiger partial charge in [0.2, 0.25) is 5.91 Å². The molecule has 1 aliphatic heterocycles. The lowest BCUT2D eigenvalue weighted by molar-refractivity contribution is -0.133. The third-order valence-electron chi connectivity index (χ3n) is 4.06. The highest BCUT2D eigenvalue weighted by Crippen LogP contribution is 2.38. The van der Waals surface area contributed by atoms with Crippen LogP contribution in [0.15, 0.2) is 30.3 Å². The van der Waals surface area contributed by atoms with E-state index in [1.165, 1.54) is 0 Å². The van der Waals surface area contributed by atoms with Gasteiger partial charge in [0, 0.05) is 24.7 Å². The van der Waals surface area contributed by atoms with Crippen molar-refractivity contribution in [2.45, 2.75) is 30.8 Å². The van der Waals surface area contributed by atoms with Gasteiger partial charge in [-0.1, -0.05) is 18.2 Å². The fourth-order valence-corrected chi connectivity index (χ4v) is 2.67. The van der Waals surface area contributed by atoms with Crippen LogP contribution in [0.5, 0.6) is 0 Å². The van der Waals surface area contributed by atoms with Gasteiger partial charge in [0.15, 0.2) is 0 Å². The lowest BCUT2D eigenvalue weighted by atomic mass is 10.1. The van der Waals surface area contributed by atoms with Crippen molar-refractivity contribution in [1.29, 1.82) is 0 Å². The predicted molar refractivity (Wildman–Crippen MR) is 75.0 cm³/mol. The van der Waals surface area contributed by atoms with Crippen LogP contribution in [0.2, 0.25) is 0 Å². The summed E-state index contributed by atoms with van der Waals surface area (Å²) in [6, 6.07) is 9.06. The van der Waals surface area contributed by atoms with Crippen LogP contribution in [0.25, 0.3) is 0 Å². The molecular weight excluding hydrogens is 254 g/mol. The molecule has 1 heterocycles. The van der Waals surface area contributed by atoms with E-state index in [0.29, 0.717) is 18.7 Å².